The second-order valence-corrected chi connectivity index (χ2v) is 4.92. The van der Waals surface area contributed by atoms with E-state index in [2.05, 4.69) is 5.32 Å². The molecule has 18 heavy (non-hydrogen) atoms. The predicted octanol–water partition coefficient (Wildman–Crippen LogP) is 2.69. The van der Waals surface area contributed by atoms with E-state index in [0.29, 0.717) is 11.3 Å². The van der Waals surface area contributed by atoms with Crippen LogP contribution in [0.3, 0.4) is 0 Å². The summed E-state index contributed by atoms with van der Waals surface area (Å²) in [4.78, 5) is 22.8. The van der Waals surface area contributed by atoms with E-state index in [4.69, 9.17) is 5.11 Å². The molecule has 0 saturated carbocycles. The van der Waals surface area contributed by atoms with Crippen molar-refractivity contribution in [2.45, 2.75) is 33.6 Å². The molecule has 1 amide bonds. The second kappa shape index (κ2) is 5.67. The summed E-state index contributed by atoms with van der Waals surface area (Å²) >= 11 is 0. The smallest absolute Gasteiger partial charge is 0.307 e. The Balaban J connectivity index is 2.91. The molecule has 0 spiro atoms. The summed E-state index contributed by atoms with van der Waals surface area (Å²) in [7, 11) is 0. The van der Waals surface area contributed by atoms with Crippen LogP contribution in [-0.4, -0.2) is 17.0 Å². The summed E-state index contributed by atoms with van der Waals surface area (Å²) in [6.07, 6.45) is 0.628. The number of aliphatic carboxylic acids is 1. The summed E-state index contributed by atoms with van der Waals surface area (Å²) in [5.74, 6) is -1.01. The topological polar surface area (TPSA) is 66.4 Å². The molecule has 4 nitrogen and oxygen atoms in total. The largest absolute Gasteiger partial charge is 0.481 e. The number of carbonyl (C=O) groups excluding carboxylic acids is 1. The number of hydrogen-bond donors (Lipinski definition) is 2. The highest BCUT2D eigenvalue weighted by Gasteiger charge is 2.25. The highest BCUT2D eigenvalue weighted by molar-refractivity contribution is 5.95. The van der Waals surface area contributed by atoms with Crippen molar-refractivity contribution in [3.63, 3.8) is 0 Å². The monoisotopic (exact) mass is 249 g/mol. The maximum absolute atomic E-state index is 12.0. The molecule has 1 rings (SSSR count). The lowest BCUT2D eigenvalue weighted by Gasteiger charge is -2.22. The molecule has 0 aliphatic rings. The molecule has 0 atom stereocenters. The minimum atomic E-state index is -0.911. The SMILES string of the molecule is CCC(C)(C)C(=O)Nc1ccccc1CC(=O)O. The van der Waals surface area contributed by atoms with Crippen LogP contribution in [0.4, 0.5) is 5.69 Å². The van der Waals surface area contributed by atoms with Crippen molar-refractivity contribution in [3.8, 4) is 0 Å². The third-order valence-corrected chi connectivity index (χ3v) is 3.11. The van der Waals surface area contributed by atoms with Gasteiger partial charge < -0.3 is 10.4 Å². The Morgan fingerprint density at radius 3 is 2.44 bits per heavy atom. The quantitative estimate of drug-likeness (QED) is 0.843. The van der Waals surface area contributed by atoms with E-state index < -0.39 is 11.4 Å². The maximum Gasteiger partial charge on any atom is 0.307 e. The Morgan fingerprint density at radius 2 is 1.89 bits per heavy atom. The predicted molar refractivity (Wildman–Crippen MR) is 70.5 cm³/mol. The first kappa shape index (κ1) is 14.2. The second-order valence-electron chi connectivity index (χ2n) is 4.92. The van der Waals surface area contributed by atoms with Gasteiger partial charge in [-0.25, -0.2) is 0 Å². The van der Waals surface area contributed by atoms with E-state index >= 15 is 0 Å². The molecule has 0 saturated heterocycles. The van der Waals surface area contributed by atoms with Crippen LogP contribution in [0.15, 0.2) is 24.3 Å². The highest BCUT2D eigenvalue weighted by Crippen LogP contribution is 2.24. The van der Waals surface area contributed by atoms with Crippen molar-refractivity contribution in [1.29, 1.82) is 0 Å². The Morgan fingerprint density at radius 1 is 1.28 bits per heavy atom. The van der Waals surface area contributed by atoms with Crippen LogP contribution in [0, 0.1) is 5.41 Å². The molecule has 1 aromatic carbocycles. The average Bonchev–Trinajstić information content (AvgIpc) is 2.31. The van der Waals surface area contributed by atoms with E-state index in [0.717, 1.165) is 6.42 Å². The molecule has 0 aromatic heterocycles. The van der Waals surface area contributed by atoms with Crippen LogP contribution in [-0.2, 0) is 16.0 Å². The third-order valence-electron chi connectivity index (χ3n) is 3.11. The summed E-state index contributed by atoms with van der Waals surface area (Å²) < 4.78 is 0. The van der Waals surface area contributed by atoms with Crippen LogP contribution >= 0.6 is 0 Å². The number of carbonyl (C=O) groups is 2. The van der Waals surface area contributed by atoms with Crippen molar-refractivity contribution in [2.75, 3.05) is 5.32 Å². The van der Waals surface area contributed by atoms with Crippen molar-refractivity contribution in [1.82, 2.24) is 0 Å². The summed E-state index contributed by atoms with van der Waals surface area (Å²) in [5.41, 5.74) is 0.729. The third kappa shape index (κ3) is 3.58. The summed E-state index contributed by atoms with van der Waals surface area (Å²) in [5, 5.41) is 11.6. The minimum absolute atomic E-state index is 0.0942. The van der Waals surface area contributed by atoms with Crippen molar-refractivity contribution >= 4 is 17.6 Å². The molecule has 0 aliphatic heterocycles. The molecule has 0 aliphatic carbocycles. The van der Waals surface area contributed by atoms with Crippen LogP contribution in [0.25, 0.3) is 0 Å². The fourth-order valence-corrected chi connectivity index (χ4v) is 1.41. The van der Waals surface area contributed by atoms with Gasteiger partial charge in [-0.2, -0.15) is 0 Å². The van der Waals surface area contributed by atoms with Gasteiger partial charge in [0.25, 0.3) is 0 Å². The van der Waals surface area contributed by atoms with E-state index in [1.165, 1.54) is 0 Å². The first-order valence-corrected chi connectivity index (χ1v) is 5.98. The van der Waals surface area contributed by atoms with Gasteiger partial charge in [0.2, 0.25) is 5.91 Å². The van der Waals surface area contributed by atoms with Gasteiger partial charge in [0.15, 0.2) is 0 Å². The first-order chi connectivity index (χ1) is 8.36. The van der Waals surface area contributed by atoms with Gasteiger partial charge in [0, 0.05) is 11.1 Å². The number of benzene rings is 1. The Labute approximate surface area is 107 Å². The molecule has 0 unspecified atom stereocenters. The molecule has 0 radical (unpaired) electrons. The molecular weight excluding hydrogens is 230 g/mol. The Kier molecular flexibility index (Phi) is 4.48. The van der Waals surface area contributed by atoms with Crippen molar-refractivity contribution < 1.29 is 14.7 Å². The lowest BCUT2D eigenvalue weighted by Crippen LogP contribution is -2.30. The molecule has 2 N–H and O–H groups in total. The normalized spacial score (nSPS) is 11.1. The number of nitrogens with one attached hydrogen (secondary N) is 1. The van der Waals surface area contributed by atoms with E-state index in [9.17, 15) is 9.59 Å². The van der Waals surface area contributed by atoms with Crippen molar-refractivity contribution in [3.05, 3.63) is 29.8 Å². The average molecular weight is 249 g/mol. The van der Waals surface area contributed by atoms with Gasteiger partial charge in [-0.3, -0.25) is 9.59 Å². The van der Waals surface area contributed by atoms with E-state index in [1.807, 2.05) is 20.8 Å². The van der Waals surface area contributed by atoms with Gasteiger partial charge in [-0.05, 0) is 18.1 Å². The van der Waals surface area contributed by atoms with Gasteiger partial charge >= 0.3 is 5.97 Å². The molecule has 4 heteroatoms. The number of para-hydroxylation sites is 1. The summed E-state index contributed by atoms with van der Waals surface area (Å²) in [6.45, 7) is 5.67. The molecule has 0 heterocycles. The molecule has 0 bridgehead atoms. The van der Waals surface area contributed by atoms with Gasteiger partial charge in [0.05, 0.1) is 6.42 Å². The van der Waals surface area contributed by atoms with Crippen LogP contribution < -0.4 is 5.32 Å². The number of anilines is 1. The molecule has 1 aromatic rings. The summed E-state index contributed by atoms with van der Waals surface area (Å²) in [6, 6.07) is 6.98. The number of carboxylic acid groups (broad SMARTS) is 1. The highest BCUT2D eigenvalue weighted by atomic mass is 16.4. The number of hydrogen-bond acceptors (Lipinski definition) is 2. The van der Waals surface area contributed by atoms with Crippen LogP contribution in [0.1, 0.15) is 32.8 Å². The lowest BCUT2D eigenvalue weighted by molar-refractivity contribution is -0.136. The molecule has 98 valence electrons. The Hall–Kier alpha value is -1.84. The van der Waals surface area contributed by atoms with Gasteiger partial charge in [0.1, 0.15) is 0 Å². The first-order valence-electron chi connectivity index (χ1n) is 5.98. The number of carboxylic acids is 1. The fourth-order valence-electron chi connectivity index (χ4n) is 1.41. The lowest BCUT2D eigenvalue weighted by atomic mass is 9.89. The van der Waals surface area contributed by atoms with Crippen LogP contribution in [0.2, 0.25) is 0 Å². The number of amides is 1. The van der Waals surface area contributed by atoms with E-state index in [1.54, 1.807) is 24.3 Å². The van der Waals surface area contributed by atoms with Gasteiger partial charge in [-0.1, -0.05) is 39.0 Å². The Bertz CT molecular complexity index is 452. The fraction of sp³-hybridized carbons (Fsp3) is 0.429. The standard InChI is InChI=1S/C14H19NO3/c1-4-14(2,3)13(18)15-11-8-6-5-7-10(11)9-12(16)17/h5-8H,4,9H2,1-3H3,(H,15,18)(H,16,17). The zero-order chi connectivity index (χ0) is 13.8. The molecular formula is C14H19NO3. The molecule has 0 fully saturated rings. The maximum atomic E-state index is 12.0. The zero-order valence-corrected chi connectivity index (χ0v) is 11.0. The minimum Gasteiger partial charge on any atom is -0.481 e. The van der Waals surface area contributed by atoms with Gasteiger partial charge in [-0.15, -0.1) is 0 Å². The van der Waals surface area contributed by atoms with Crippen molar-refractivity contribution in [2.24, 2.45) is 5.41 Å². The van der Waals surface area contributed by atoms with E-state index in [-0.39, 0.29) is 12.3 Å². The van der Waals surface area contributed by atoms with Crippen LogP contribution in [0.5, 0.6) is 0 Å². The number of rotatable bonds is 5. The zero-order valence-electron chi connectivity index (χ0n) is 11.0.